The van der Waals surface area contributed by atoms with Crippen LogP contribution in [0, 0.1) is 0 Å². The molecule has 0 radical (unpaired) electrons. The molecule has 0 heterocycles. The number of carbonyl (C=O) groups excluding carboxylic acids is 1. The summed E-state index contributed by atoms with van der Waals surface area (Å²) in [5, 5.41) is 26.0. The molecule has 1 atom stereocenters. The Morgan fingerprint density at radius 2 is 1.73 bits per heavy atom. The van der Waals surface area contributed by atoms with Crippen LogP contribution in [0.5, 0.6) is 0 Å². The normalized spacial score (nSPS) is 12.3. The van der Waals surface area contributed by atoms with E-state index in [0.717, 1.165) is 0 Å². The van der Waals surface area contributed by atoms with Gasteiger partial charge < -0.3 is 25.0 Å². The Morgan fingerprint density at radius 1 is 1.20 bits per heavy atom. The Bertz CT molecular complexity index is 170. The van der Waals surface area contributed by atoms with Gasteiger partial charge in [-0.15, -0.1) is 0 Å². The molecule has 0 rings (SSSR count). The van der Waals surface area contributed by atoms with Gasteiger partial charge in [0.2, 0.25) is 0 Å². The molecule has 1 unspecified atom stereocenters. The second-order valence-corrected chi connectivity index (χ2v) is 3.14. The number of aliphatic hydroxyl groups is 3. The van der Waals surface area contributed by atoms with Crippen molar-refractivity contribution in [2.75, 3.05) is 32.9 Å². The van der Waals surface area contributed by atoms with E-state index in [-0.39, 0.29) is 39.0 Å². The first-order chi connectivity index (χ1) is 7.15. The van der Waals surface area contributed by atoms with Gasteiger partial charge in [0.25, 0.3) is 0 Å². The molecule has 3 N–H and O–H groups in total. The summed E-state index contributed by atoms with van der Waals surface area (Å²) in [5.41, 5.74) is 0. The van der Waals surface area contributed by atoms with Gasteiger partial charge in [-0.25, -0.2) is 4.79 Å². The quantitative estimate of drug-likeness (QED) is 0.522. The number of carbonyl (C=O) groups is 1. The third-order valence-electron chi connectivity index (χ3n) is 1.84. The summed E-state index contributed by atoms with van der Waals surface area (Å²) in [4.78, 5) is 12.6. The number of ether oxygens (including phenoxy) is 1. The average Bonchev–Trinajstić information content (AvgIpc) is 2.17. The summed E-state index contributed by atoms with van der Waals surface area (Å²) in [6.45, 7) is 1.53. The number of hydrogen-bond acceptors (Lipinski definition) is 5. The van der Waals surface area contributed by atoms with Crippen molar-refractivity contribution in [3.8, 4) is 0 Å². The molecule has 0 aromatic heterocycles. The third kappa shape index (κ3) is 6.27. The average molecular weight is 221 g/mol. The minimum absolute atomic E-state index is 0.0472. The van der Waals surface area contributed by atoms with Crippen LogP contribution in [-0.4, -0.2) is 65.3 Å². The first-order valence-electron chi connectivity index (χ1n) is 4.93. The fourth-order valence-electron chi connectivity index (χ4n) is 1.02. The highest BCUT2D eigenvalue weighted by atomic mass is 16.6. The highest BCUT2D eigenvalue weighted by Gasteiger charge is 2.16. The van der Waals surface area contributed by atoms with E-state index in [2.05, 4.69) is 0 Å². The van der Waals surface area contributed by atoms with Gasteiger partial charge in [-0.3, -0.25) is 0 Å². The van der Waals surface area contributed by atoms with Gasteiger partial charge in [0, 0.05) is 26.1 Å². The van der Waals surface area contributed by atoms with E-state index in [0.29, 0.717) is 6.42 Å². The molecule has 0 saturated carbocycles. The second-order valence-electron chi connectivity index (χ2n) is 3.14. The topological polar surface area (TPSA) is 90.2 Å². The van der Waals surface area contributed by atoms with Crippen LogP contribution in [0.4, 0.5) is 4.79 Å². The number of hydrogen-bond donors (Lipinski definition) is 3. The van der Waals surface area contributed by atoms with Gasteiger partial charge in [0.05, 0.1) is 13.2 Å². The van der Waals surface area contributed by atoms with Crippen LogP contribution in [0.1, 0.15) is 13.3 Å². The van der Waals surface area contributed by atoms with Crippen molar-refractivity contribution in [2.45, 2.75) is 19.4 Å². The van der Waals surface area contributed by atoms with Crippen molar-refractivity contribution < 1.29 is 24.9 Å². The predicted molar refractivity (Wildman–Crippen MR) is 53.4 cm³/mol. The van der Waals surface area contributed by atoms with Gasteiger partial charge in [-0.05, 0) is 6.92 Å². The lowest BCUT2D eigenvalue weighted by atomic mass is 10.3. The molecular weight excluding hydrogens is 202 g/mol. The molecule has 0 spiro atoms. The summed E-state index contributed by atoms with van der Waals surface area (Å²) in [5.74, 6) is 0. The molecule has 0 aliphatic heterocycles. The molecule has 0 aromatic rings. The molecule has 0 aromatic carbocycles. The molecule has 6 nitrogen and oxygen atoms in total. The fourth-order valence-corrected chi connectivity index (χ4v) is 1.02. The maximum absolute atomic E-state index is 11.4. The Morgan fingerprint density at radius 3 is 2.13 bits per heavy atom. The molecule has 0 saturated heterocycles. The number of aliphatic hydroxyl groups excluding tert-OH is 3. The van der Waals surface area contributed by atoms with E-state index in [1.807, 2.05) is 0 Å². The van der Waals surface area contributed by atoms with Crippen LogP contribution in [-0.2, 0) is 4.74 Å². The molecule has 1 amide bonds. The van der Waals surface area contributed by atoms with Gasteiger partial charge in [0.15, 0.2) is 0 Å². The summed E-state index contributed by atoms with van der Waals surface area (Å²) < 4.78 is 4.96. The first-order valence-corrected chi connectivity index (χ1v) is 4.93. The molecule has 15 heavy (non-hydrogen) atoms. The molecular formula is C9H19NO5. The van der Waals surface area contributed by atoms with Gasteiger partial charge in [0.1, 0.15) is 6.10 Å². The van der Waals surface area contributed by atoms with Crippen molar-refractivity contribution in [1.29, 1.82) is 0 Å². The Balaban J connectivity index is 4.00. The highest BCUT2D eigenvalue weighted by molar-refractivity contribution is 5.67. The highest BCUT2D eigenvalue weighted by Crippen LogP contribution is 2.01. The molecule has 0 aliphatic rings. The standard InChI is InChI=1S/C9H19NO5/c1-8(2-5-11)15-9(14)10(3-6-12)4-7-13/h8,11-13H,2-7H2,1H3. The number of nitrogens with zero attached hydrogens (tertiary/aromatic N) is 1. The number of rotatable bonds is 7. The van der Waals surface area contributed by atoms with Crippen molar-refractivity contribution in [1.82, 2.24) is 4.90 Å². The van der Waals surface area contributed by atoms with Crippen molar-refractivity contribution in [3.05, 3.63) is 0 Å². The predicted octanol–water partition coefficient (Wildman–Crippen LogP) is -0.820. The van der Waals surface area contributed by atoms with Gasteiger partial charge in [-0.2, -0.15) is 0 Å². The van der Waals surface area contributed by atoms with E-state index in [1.165, 1.54) is 4.90 Å². The summed E-state index contributed by atoms with van der Waals surface area (Å²) in [7, 11) is 0. The van der Waals surface area contributed by atoms with Crippen LogP contribution in [0.2, 0.25) is 0 Å². The lowest BCUT2D eigenvalue weighted by molar-refractivity contribution is 0.0495. The maximum atomic E-state index is 11.4. The number of amides is 1. The van der Waals surface area contributed by atoms with E-state index >= 15 is 0 Å². The molecule has 0 bridgehead atoms. The van der Waals surface area contributed by atoms with E-state index in [9.17, 15) is 4.79 Å². The Labute approximate surface area is 89.1 Å². The van der Waals surface area contributed by atoms with E-state index in [1.54, 1.807) is 6.92 Å². The fraction of sp³-hybridized carbons (Fsp3) is 0.889. The monoisotopic (exact) mass is 221 g/mol. The zero-order valence-corrected chi connectivity index (χ0v) is 8.93. The lowest BCUT2D eigenvalue weighted by Crippen LogP contribution is -2.37. The lowest BCUT2D eigenvalue weighted by Gasteiger charge is -2.22. The van der Waals surface area contributed by atoms with Crippen molar-refractivity contribution in [2.24, 2.45) is 0 Å². The van der Waals surface area contributed by atoms with Crippen LogP contribution < -0.4 is 0 Å². The maximum Gasteiger partial charge on any atom is 0.410 e. The van der Waals surface area contributed by atoms with Crippen LogP contribution in [0.15, 0.2) is 0 Å². The second kappa shape index (κ2) is 8.46. The zero-order chi connectivity index (χ0) is 11.7. The third-order valence-corrected chi connectivity index (χ3v) is 1.84. The Hall–Kier alpha value is -0.850. The SMILES string of the molecule is CC(CCO)OC(=O)N(CCO)CCO. The van der Waals surface area contributed by atoms with E-state index in [4.69, 9.17) is 20.1 Å². The zero-order valence-electron chi connectivity index (χ0n) is 8.93. The van der Waals surface area contributed by atoms with Gasteiger partial charge in [-0.1, -0.05) is 0 Å². The molecule has 90 valence electrons. The van der Waals surface area contributed by atoms with Gasteiger partial charge >= 0.3 is 6.09 Å². The molecule has 0 aliphatic carbocycles. The molecule has 0 fully saturated rings. The summed E-state index contributed by atoms with van der Waals surface area (Å²) in [6, 6.07) is 0. The van der Waals surface area contributed by atoms with Crippen LogP contribution in [0.25, 0.3) is 0 Å². The minimum atomic E-state index is -0.584. The van der Waals surface area contributed by atoms with E-state index < -0.39 is 6.09 Å². The smallest absolute Gasteiger partial charge is 0.410 e. The summed E-state index contributed by atoms with van der Waals surface area (Å²) in [6.07, 6.45) is -0.584. The summed E-state index contributed by atoms with van der Waals surface area (Å²) >= 11 is 0. The van der Waals surface area contributed by atoms with Crippen molar-refractivity contribution in [3.63, 3.8) is 0 Å². The minimum Gasteiger partial charge on any atom is -0.446 e. The molecule has 6 heteroatoms. The van der Waals surface area contributed by atoms with Crippen LogP contribution >= 0.6 is 0 Å². The largest absolute Gasteiger partial charge is 0.446 e. The van der Waals surface area contributed by atoms with Crippen LogP contribution in [0.3, 0.4) is 0 Å². The Kier molecular flexibility index (Phi) is 7.98. The first kappa shape index (κ1) is 14.2. The van der Waals surface area contributed by atoms with Crippen molar-refractivity contribution >= 4 is 6.09 Å².